The van der Waals surface area contributed by atoms with Gasteiger partial charge in [0.2, 0.25) is 5.91 Å². The van der Waals surface area contributed by atoms with E-state index in [0.29, 0.717) is 30.2 Å². The summed E-state index contributed by atoms with van der Waals surface area (Å²) in [4.78, 5) is 12.3. The van der Waals surface area contributed by atoms with E-state index in [9.17, 15) is 9.00 Å². The summed E-state index contributed by atoms with van der Waals surface area (Å²) in [5, 5.41) is 2.83. The molecule has 2 aromatic rings. The highest BCUT2D eigenvalue weighted by molar-refractivity contribution is 7.84. The predicted molar refractivity (Wildman–Crippen MR) is 109 cm³/mol. The Balaban J connectivity index is 0.00000338. The number of carbonyl (C=O) groups is 1. The van der Waals surface area contributed by atoms with Crippen LogP contribution in [0.5, 0.6) is 0 Å². The first-order valence-electron chi connectivity index (χ1n) is 8.11. The lowest BCUT2D eigenvalue weighted by atomic mass is 10.1. The van der Waals surface area contributed by atoms with Crippen molar-refractivity contribution in [1.82, 2.24) is 0 Å². The van der Waals surface area contributed by atoms with Crippen molar-refractivity contribution in [2.45, 2.75) is 18.2 Å². The molecule has 0 fully saturated rings. The van der Waals surface area contributed by atoms with Gasteiger partial charge >= 0.3 is 0 Å². The molecule has 26 heavy (non-hydrogen) atoms. The third kappa shape index (κ3) is 7.66. The number of anilines is 1. The number of rotatable bonds is 9. The van der Waals surface area contributed by atoms with E-state index < -0.39 is 16.8 Å². The van der Waals surface area contributed by atoms with Gasteiger partial charge in [0, 0.05) is 35.1 Å². The van der Waals surface area contributed by atoms with Crippen molar-refractivity contribution in [2.24, 2.45) is 5.73 Å². The number of nitrogens with one attached hydrogen (secondary N) is 1. The first kappa shape index (κ1) is 22.3. The molecule has 0 bridgehead atoms. The Morgan fingerprint density at radius 2 is 1.85 bits per heavy atom. The van der Waals surface area contributed by atoms with Crippen LogP contribution >= 0.6 is 12.4 Å². The number of methoxy groups -OCH3 is 1. The van der Waals surface area contributed by atoms with Crippen LogP contribution in [0.3, 0.4) is 0 Å². The third-order valence-corrected chi connectivity index (χ3v) is 4.95. The van der Waals surface area contributed by atoms with Crippen LogP contribution in [-0.4, -0.2) is 35.6 Å². The van der Waals surface area contributed by atoms with Crippen LogP contribution in [0, 0.1) is 0 Å². The van der Waals surface area contributed by atoms with Gasteiger partial charge in [-0.1, -0.05) is 42.5 Å². The van der Waals surface area contributed by atoms with Gasteiger partial charge in [-0.2, -0.15) is 0 Å². The summed E-state index contributed by atoms with van der Waals surface area (Å²) in [5.74, 6) is 0.694. The minimum absolute atomic E-state index is 0. The molecule has 0 spiro atoms. The number of amides is 1. The van der Waals surface area contributed by atoms with E-state index in [4.69, 9.17) is 10.5 Å². The zero-order chi connectivity index (χ0) is 18.1. The number of hydrogen-bond donors (Lipinski definition) is 2. The number of nitrogens with two attached hydrogens (primary N) is 1. The highest BCUT2D eigenvalue weighted by atomic mass is 35.5. The molecular formula is C19H25ClN2O3S. The topological polar surface area (TPSA) is 81.4 Å². The van der Waals surface area contributed by atoms with Crippen LogP contribution in [-0.2, 0) is 32.5 Å². The molecular weight excluding hydrogens is 372 g/mol. The van der Waals surface area contributed by atoms with Crippen LogP contribution < -0.4 is 11.1 Å². The Kier molecular flexibility index (Phi) is 10.1. The smallest absolute Gasteiger partial charge is 0.241 e. The quantitative estimate of drug-likeness (QED) is 0.682. The number of hydrogen-bond acceptors (Lipinski definition) is 4. The number of ether oxygens (including phenoxy) is 1. The second-order valence-corrected chi connectivity index (χ2v) is 7.34. The molecule has 0 radical (unpaired) electrons. The number of halogens is 1. The summed E-state index contributed by atoms with van der Waals surface area (Å²) in [6.45, 7) is 0.470. The molecule has 5 nitrogen and oxygen atoms in total. The lowest BCUT2D eigenvalue weighted by molar-refractivity contribution is -0.117. The maximum absolute atomic E-state index is 12.3. The van der Waals surface area contributed by atoms with Crippen molar-refractivity contribution in [2.75, 3.05) is 24.8 Å². The fourth-order valence-corrected chi connectivity index (χ4v) is 3.42. The van der Waals surface area contributed by atoms with Crippen molar-refractivity contribution < 1.29 is 13.7 Å². The Labute approximate surface area is 163 Å². The molecule has 1 amide bonds. The van der Waals surface area contributed by atoms with Crippen molar-refractivity contribution in [3.63, 3.8) is 0 Å². The van der Waals surface area contributed by atoms with E-state index in [1.165, 1.54) is 0 Å². The van der Waals surface area contributed by atoms with Gasteiger partial charge < -0.3 is 15.8 Å². The average Bonchev–Trinajstić information content (AvgIpc) is 2.61. The maximum atomic E-state index is 12.3. The molecule has 142 valence electrons. The van der Waals surface area contributed by atoms with Gasteiger partial charge in [-0.05, 0) is 29.7 Å². The van der Waals surface area contributed by atoms with E-state index in [0.717, 1.165) is 11.1 Å². The fraction of sp³-hybridized carbons (Fsp3) is 0.316. The average molecular weight is 397 g/mol. The monoisotopic (exact) mass is 396 g/mol. The molecule has 0 aliphatic carbocycles. The first-order valence-corrected chi connectivity index (χ1v) is 9.60. The zero-order valence-corrected chi connectivity index (χ0v) is 16.4. The molecule has 2 atom stereocenters. The lowest BCUT2D eigenvalue weighted by Crippen LogP contribution is -2.37. The second-order valence-electron chi connectivity index (χ2n) is 5.77. The van der Waals surface area contributed by atoms with Crippen LogP contribution in [0.25, 0.3) is 0 Å². The van der Waals surface area contributed by atoms with E-state index in [2.05, 4.69) is 5.32 Å². The minimum atomic E-state index is -0.990. The predicted octanol–water partition coefficient (Wildman–Crippen LogP) is 2.51. The molecule has 0 aromatic heterocycles. The maximum Gasteiger partial charge on any atom is 0.241 e. The highest BCUT2D eigenvalue weighted by Crippen LogP contribution is 2.13. The van der Waals surface area contributed by atoms with E-state index >= 15 is 0 Å². The molecule has 0 saturated carbocycles. The summed E-state index contributed by atoms with van der Waals surface area (Å²) in [6, 6.07) is 16.4. The van der Waals surface area contributed by atoms with Gasteiger partial charge in [0.1, 0.15) is 0 Å². The van der Waals surface area contributed by atoms with Crippen molar-refractivity contribution in [3.8, 4) is 0 Å². The summed E-state index contributed by atoms with van der Waals surface area (Å²) in [5.41, 5.74) is 8.59. The van der Waals surface area contributed by atoms with Crippen LogP contribution in [0.15, 0.2) is 54.6 Å². The fourth-order valence-electron chi connectivity index (χ4n) is 2.37. The van der Waals surface area contributed by atoms with Gasteiger partial charge in [0.25, 0.3) is 0 Å². The highest BCUT2D eigenvalue weighted by Gasteiger charge is 2.14. The standard InChI is InChI=1S/C19H24N2O3S.ClH/c1-24-10-11-25(23)14-16-8-5-9-17(12-16)21-19(22)18(20)13-15-6-3-2-4-7-15;/h2-9,12,18H,10-11,13-14,20H2,1H3,(H,21,22);1H/t18-,25?;/m0./s1. The van der Waals surface area contributed by atoms with Crippen molar-refractivity contribution in [1.29, 1.82) is 0 Å². The largest absolute Gasteiger partial charge is 0.384 e. The number of benzene rings is 2. The molecule has 0 aliphatic rings. The first-order chi connectivity index (χ1) is 12.1. The van der Waals surface area contributed by atoms with Crippen LogP contribution in [0.1, 0.15) is 11.1 Å². The summed E-state index contributed by atoms with van der Waals surface area (Å²) >= 11 is 0. The third-order valence-electron chi connectivity index (χ3n) is 3.67. The van der Waals surface area contributed by atoms with Gasteiger partial charge in [-0.3, -0.25) is 9.00 Å². The Morgan fingerprint density at radius 3 is 2.54 bits per heavy atom. The summed E-state index contributed by atoms with van der Waals surface area (Å²) in [7, 11) is 0.600. The van der Waals surface area contributed by atoms with Gasteiger partial charge in [0.15, 0.2) is 0 Å². The van der Waals surface area contributed by atoms with Gasteiger partial charge in [0.05, 0.1) is 12.6 Å². The van der Waals surface area contributed by atoms with Crippen LogP contribution in [0.4, 0.5) is 5.69 Å². The summed E-state index contributed by atoms with van der Waals surface area (Å²) in [6.07, 6.45) is 0.480. The van der Waals surface area contributed by atoms with E-state index in [-0.39, 0.29) is 18.3 Å². The zero-order valence-electron chi connectivity index (χ0n) is 14.7. The molecule has 0 aliphatic heterocycles. The Morgan fingerprint density at radius 1 is 1.15 bits per heavy atom. The molecule has 1 unspecified atom stereocenters. The van der Waals surface area contributed by atoms with Gasteiger partial charge in [-0.25, -0.2) is 0 Å². The summed E-state index contributed by atoms with van der Waals surface area (Å²) < 4.78 is 16.9. The number of carbonyl (C=O) groups excluding carboxylic acids is 1. The Hall–Kier alpha value is -1.73. The van der Waals surface area contributed by atoms with E-state index in [1.807, 2.05) is 48.5 Å². The molecule has 2 rings (SSSR count). The SMILES string of the molecule is COCCS(=O)Cc1cccc(NC(=O)[C@@H](N)Cc2ccccc2)c1.Cl. The molecule has 0 heterocycles. The lowest BCUT2D eigenvalue weighted by Gasteiger charge is -2.13. The van der Waals surface area contributed by atoms with Crippen molar-refractivity contribution in [3.05, 3.63) is 65.7 Å². The Bertz CT molecular complexity index is 713. The molecule has 3 N–H and O–H groups in total. The molecule has 2 aromatic carbocycles. The minimum Gasteiger partial charge on any atom is -0.384 e. The molecule has 7 heteroatoms. The van der Waals surface area contributed by atoms with Crippen molar-refractivity contribution >= 4 is 34.8 Å². The normalized spacial score (nSPS) is 12.7. The second kappa shape index (κ2) is 11.8. The van der Waals surface area contributed by atoms with Crippen LogP contribution in [0.2, 0.25) is 0 Å². The molecule has 0 saturated heterocycles. The van der Waals surface area contributed by atoms with E-state index in [1.54, 1.807) is 13.2 Å². The van der Waals surface area contributed by atoms with Gasteiger partial charge in [-0.15, -0.1) is 12.4 Å².